The zero-order chi connectivity index (χ0) is 13.9. The summed E-state index contributed by atoms with van der Waals surface area (Å²) in [7, 11) is 1.25. The number of hydrogen-bond donors (Lipinski definition) is 1. The number of amides is 1. The quantitative estimate of drug-likeness (QED) is 0.861. The summed E-state index contributed by atoms with van der Waals surface area (Å²) in [5.41, 5.74) is -0.128. The molecule has 0 bridgehead atoms. The molecule has 1 aromatic rings. The minimum Gasteiger partial charge on any atom is -0.495 e. The van der Waals surface area contributed by atoms with E-state index in [1.807, 2.05) is 0 Å². The number of hydrogen-bond acceptors (Lipinski definition) is 2. The second-order valence-electron chi connectivity index (χ2n) is 3.22. The van der Waals surface area contributed by atoms with Gasteiger partial charge in [0, 0.05) is 4.47 Å². The van der Waals surface area contributed by atoms with Crippen molar-refractivity contribution in [3.05, 3.63) is 22.7 Å². The first-order chi connectivity index (χ1) is 8.28. The zero-order valence-corrected chi connectivity index (χ0v) is 10.6. The summed E-state index contributed by atoms with van der Waals surface area (Å²) >= 11 is 3.05. The fourth-order valence-corrected chi connectivity index (χ4v) is 1.44. The number of methoxy groups -OCH3 is 1. The normalized spacial score (nSPS) is 11.5. The van der Waals surface area contributed by atoms with Crippen LogP contribution in [0.5, 0.6) is 5.75 Å². The van der Waals surface area contributed by atoms with Crippen LogP contribution < -0.4 is 10.1 Å². The minimum absolute atomic E-state index is 0.0802. The van der Waals surface area contributed by atoms with Gasteiger partial charge in [-0.2, -0.15) is 8.78 Å². The fourth-order valence-electron chi connectivity index (χ4n) is 1.08. The number of nitrogens with one attached hydrogen (secondary N) is 1. The summed E-state index contributed by atoms with van der Waals surface area (Å²) in [6.07, 6.45) is -4.07. The summed E-state index contributed by atoms with van der Waals surface area (Å²) in [6, 6.07) is 4.19. The van der Waals surface area contributed by atoms with Crippen molar-refractivity contribution in [3.63, 3.8) is 0 Å². The lowest BCUT2D eigenvalue weighted by atomic mass is 10.2. The summed E-state index contributed by atoms with van der Waals surface area (Å²) in [4.78, 5) is 11.0. The van der Waals surface area contributed by atoms with E-state index >= 15 is 0 Å². The van der Waals surface area contributed by atoms with Crippen LogP contribution in [0.4, 0.5) is 23.2 Å². The predicted molar refractivity (Wildman–Crippen MR) is 60.3 cm³/mol. The van der Waals surface area contributed by atoms with Crippen LogP contribution in [0.2, 0.25) is 0 Å². The molecule has 0 saturated carbocycles. The molecule has 0 spiro atoms. The van der Waals surface area contributed by atoms with Gasteiger partial charge < -0.3 is 10.1 Å². The van der Waals surface area contributed by atoms with Gasteiger partial charge in [0.05, 0.1) is 12.8 Å². The summed E-state index contributed by atoms with van der Waals surface area (Å²) in [6.45, 7) is 0. The Balaban J connectivity index is 2.98. The van der Waals surface area contributed by atoms with Crippen molar-refractivity contribution in [2.75, 3.05) is 12.4 Å². The highest BCUT2D eigenvalue weighted by Crippen LogP contribution is 2.30. The first kappa shape index (κ1) is 14.7. The monoisotopic (exact) mass is 329 g/mol. The molecule has 18 heavy (non-hydrogen) atoms. The molecule has 0 heterocycles. The Morgan fingerprint density at radius 2 is 2.06 bits per heavy atom. The second-order valence-corrected chi connectivity index (χ2v) is 4.14. The SMILES string of the molecule is COc1ccc(Br)cc1NC(=O)C(F)(F)C(F)F. The maximum Gasteiger partial charge on any atom is 0.383 e. The Labute approximate surface area is 108 Å². The van der Waals surface area contributed by atoms with Crippen LogP contribution >= 0.6 is 15.9 Å². The number of anilines is 1. The van der Waals surface area contributed by atoms with Crippen molar-refractivity contribution in [1.82, 2.24) is 0 Å². The van der Waals surface area contributed by atoms with Gasteiger partial charge in [0.1, 0.15) is 5.75 Å². The average molecular weight is 330 g/mol. The van der Waals surface area contributed by atoms with E-state index in [0.29, 0.717) is 4.47 Å². The van der Waals surface area contributed by atoms with Crippen LogP contribution in [0, 0.1) is 0 Å². The lowest BCUT2D eigenvalue weighted by Gasteiger charge is -2.16. The third-order valence-corrected chi connectivity index (χ3v) is 2.48. The van der Waals surface area contributed by atoms with Gasteiger partial charge in [-0.05, 0) is 18.2 Å². The highest BCUT2D eigenvalue weighted by molar-refractivity contribution is 9.10. The largest absolute Gasteiger partial charge is 0.495 e. The van der Waals surface area contributed by atoms with Crippen molar-refractivity contribution in [2.45, 2.75) is 12.3 Å². The van der Waals surface area contributed by atoms with Crippen LogP contribution in [0.15, 0.2) is 22.7 Å². The van der Waals surface area contributed by atoms with Gasteiger partial charge in [-0.15, -0.1) is 0 Å². The summed E-state index contributed by atoms with van der Waals surface area (Å²) in [5, 5.41) is 1.70. The van der Waals surface area contributed by atoms with Crippen molar-refractivity contribution in [1.29, 1.82) is 0 Å². The standard InChI is InChI=1S/C10H8BrF4NO2/c1-18-7-3-2-5(11)4-6(7)16-9(17)10(14,15)8(12)13/h2-4,8H,1H3,(H,16,17). The Morgan fingerprint density at radius 1 is 1.44 bits per heavy atom. The molecule has 0 atom stereocenters. The summed E-state index contributed by atoms with van der Waals surface area (Å²) < 4.78 is 54.7. The number of alkyl halides is 4. The third-order valence-electron chi connectivity index (χ3n) is 1.99. The number of carbonyl (C=O) groups excluding carboxylic acids is 1. The van der Waals surface area contributed by atoms with E-state index in [-0.39, 0.29) is 11.4 Å². The molecule has 1 rings (SSSR count). The van der Waals surface area contributed by atoms with E-state index in [1.165, 1.54) is 19.2 Å². The Hall–Kier alpha value is -1.31. The molecule has 0 aromatic heterocycles. The topological polar surface area (TPSA) is 38.3 Å². The molecule has 8 heteroatoms. The molecule has 1 aromatic carbocycles. The van der Waals surface area contributed by atoms with Gasteiger partial charge in [0.15, 0.2) is 0 Å². The Bertz CT molecular complexity index is 454. The van der Waals surface area contributed by atoms with E-state index in [9.17, 15) is 22.4 Å². The second kappa shape index (κ2) is 5.55. The molecular formula is C10H8BrF4NO2. The molecule has 0 unspecified atom stereocenters. The maximum atomic E-state index is 12.7. The molecule has 0 aliphatic heterocycles. The van der Waals surface area contributed by atoms with Crippen molar-refractivity contribution >= 4 is 27.5 Å². The van der Waals surface area contributed by atoms with Crippen molar-refractivity contribution in [2.24, 2.45) is 0 Å². The molecule has 0 saturated heterocycles. The minimum atomic E-state index is -4.76. The number of rotatable bonds is 4. The van der Waals surface area contributed by atoms with E-state index in [4.69, 9.17) is 4.74 Å². The number of halogens is 5. The molecule has 3 nitrogen and oxygen atoms in total. The predicted octanol–water partition coefficient (Wildman–Crippen LogP) is 3.30. The Kier molecular flexibility index (Phi) is 4.55. The van der Waals surface area contributed by atoms with Gasteiger partial charge in [-0.3, -0.25) is 4.79 Å². The van der Waals surface area contributed by atoms with E-state index in [1.54, 1.807) is 11.4 Å². The molecule has 0 fully saturated rings. The molecule has 1 N–H and O–H groups in total. The number of ether oxygens (including phenoxy) is 1. The van der Waals surface area contributed by atoms with E-state index in [0.717, 1.165) is 0 Å². The smallest absolute Gasteiger partial charge is 0.383 e. The van der Waals surface area contributed by atoms with Crippen LogP contribution in [0.25, 0.3) is 0 Å². The van der Waals surface area contributed by atoms with Crippen LogP contribution in [0.3, 0.4) is 0 Å². The molecule has 0 aliphatic carbocycles. The fraction of sp³-hybridized carbons (Fsp3) is 0.300. The first-order valence-corrected chi connectivity index (χ1v) is 5.39. The van der Waals surface area contributed by atoms with E-state index in [2.05, 4.69) is 15.9 Å². The molecule has 1 amide bonds. The van der Waals surface area contributed by atoms with Crippen molar-refractivity contribution < 1.29 is 27.1 Å². The highest BCUT2D eigenvalue weighted by atomic mass is 79.9. The highest BCUT2D eigenvalue weighted by Gasteiger charge is 2.49. The molecular weight excluding hydrogens is 322 g/mol. The van der Waals surface area contributed by atoms with Crippen LogP contribution in [-0.2, 0) is 4.79 Å². The lowest BCUT2D eigenvalue weighted by Crippen LogP contribution is -2.41. The van der Waals surface area contributed by atoms with Crippen LogP contribution in [0.1, 0.15) is 0 Å². The van der Waals surface area contributed by atoms with Gasteiger partial charge >= 0.3 is 18.3 Å². The average Bonchev–Trinajstić information content (AvgIpc) is 2.29. The molecule has 100 valence electrons. The number of benzene rings is 1. The summed E-state index contributed by atoms with van der Waals surface area (Å²) in [5.74, 6) is -6.77. The van der Waals surface area contributed by atoms with Gasteiger partial charge in [-0.1, -0.05) is 15.9 Å². The third kappa shape index (κ3) is 3.12. The molecule has 0 radical (unpaired) electrons. The van der Waals surface area contributed by atoms with Crippen LogP contribution in [-0.4, -0.2) is 25.4 Å². The van der Waals surface area contributed by atoms with Gasteiger partial charge in [-0.25, -0.2) is 8.78 Å². The molecule has 0 aliphatic rings. The zero-order valence-electron chi connectivity index (χ0n) is 9.02. The maximum absolute atomic E-state index is 12.7. The van der Waals surface area contributed by atoms with E-state index < -0.39 is 18.3 Å². The van der Waals surface area contributed by atoms with Gasteiger partial charge in [0.25, 0.3) is 0 Å². The first-order valence-electron chi connectivity index (χ1n) is 4.60. The van der Waals surface area contributed by atoms with Crippen molar-refractivity contribution in [3.8, 4) is 5.75 Å². The number of carbonyl (C=O) groups is 1. The Morgan fingerprint density at radius 3 is 2.56 bits per heavy atom. The van der Waals surface area contributed by atoms with Gasteiger partial charge in [0.2, 0.25) is 0 Å². The lowest BCUT2D eigenvalue weighted by molar-refractivity contribution is -0.163.